The van der Waals surface area contributed by atoms with E-state index in [0.29, 0.717) is 0 Å². The molecule has 1 atom stereocenters. The van der Waals surface area contributed by atoms with Crippen LogP contribution in [0.5, 0.6) is 5.75 Å². The van der Waals surface area contributed by atoms with Gasteiger partial charge in [0.25, 0.3) is 5.69 Å². The average Bonchev–Trinajstić information content (AvgIpc) is 2.28. The Kier molecular flexibility index (Phi) is 4.73. The number of alkyl halides is 1. The van der Waals surface area contributed by atoms with Gasteiger partial charge >= 0.3 is 6.09 Å². The number of nitrogens with one attached hydrogen (secondary N) is 1. The number of carbonyl (C=O) groups excluding carboxylic acids is 1. The van der Waals surface area contributed by atoms with Crippen LogP contribution in [0.3, 0.4) is 0 Å². The van der Waals surface area contributed by atoms with Crippen molar-refractivity contribution >= 4 is 29.1 Å². The number of aromatic hydroxyl groups is 1. The molecule has 1 amide bonds. The zero-order valence-corrected chi connectivity index (χ0v) is 10.2. The molecule has 0 aliphatic rings. The zero-order chi connectivity index (χ0) is 13.7. The fourth-order valence-electron chi connectivity index (χ4n) is 1.11. The van der Waals surface area contributed by atoms with Crippen LogP contribution in [-0.2, 0) is 4.74 Å². The summed E-state index contributed by atoms with van der Waals surface area (Å²) in [5, 5.41) is 21.7. The third kappa shape index (κ3) is 4.10. The number of amides is 1. The van der Waals surface area contributed by atoms with Crippen LogP contribution in [0.2, 0.25) is 0 Å². The van der Waals surface area contributed by atoms with Gasteiger partial charge in [0.15, 0.2) is 0 Å². The van der Waals surface area contributed by atoms with Crippen LogP contribution in [0.15, 0.2) is 18.2 Å². The lowest BCUT2D eigenvalue weighted by Crippen LogP contribution is -2.18. The third-order valence-electron chi connectivity index (χ3n) is 1.86. The van der Waals surface area contributed by atoms with E-state index in [1.165, 1.54) is 12.1 Å². The minimum absolute atomic E-state index is 0.0146. The minimum atomic E-state index is -0.851. The van der Waals surface area contributed by atoms with Crippen LogP contribution in [-0.4, -0.2) is 28.1 Å². The van der Waals surface area contributed by atoms with E-state index in [9.17, 15) is 14.9 Å². The molecule has 18 heavy (non-hydrogen) atoms. The molecule has 0 aliphatic heterocycles. The first kappa shape index (κ1) is 14.0. The maximum absolute atomic E-state index is 11.3. The van der Waals surface area contributed by atoms with Gasteiger partial charge in [-0.3, -0.25) is 15.4 Å². The van der Waals surface area contributed by atoms with E-state index in [-0.39, 0.29) is 23.4 Å². The fourth-order valence-corrected chi connectivity index (χ4v) is 1.18. The lowest BCUT2D eigenvalue weighted by molar-refractivity contribution is -0.384. The number of hydrogen-bond donors (Lipinski definition) is 2. The molecule has 8 heteroatoms. The van der Waals surface area contributed by atoms with Crippen molar-refractivity contribution in [3.63, 3.8) is 0 Å². The Morgan fingerprint density at radius 2 is 2.33 bits per heavy atom. The Morgan fingerprint density at radius 3 is 2.89 bits per heavy atom. The van der Waals surface area contributed by atoms with Gasteiger partial charge in [-0.2, -0.15) is 0 Å². The summed E-state index contributed by atoms with van der Waals surface area (Å²) in [6.07, 6.45) is -0.851. The van der Waals surface area contributed by atoms with Crippen molar-refractivity contribution in [2.24, 2.45) is 0 Å². The molecule has 0 saturated carbocycles. The first-order valence-electron chi connectivity index (χ1n) is 4.95. The van der Waals surface area contributed by atoms with Crippen molar-refractivity contribution in [1.82, 2.24) is 0 Å². The molecule has 0 fully saturated rings. The number of rotatable bonds is 4. The number of ether oxygens (including phenoxy) is 1. The summed E-state index contributed by atoms with van der Waals surface area (Å²) in [5.74, 6) is -0.269. The average molecular weight is 275 g/mol. The van der Waals surface area contributed by atoms with Crippen LogP contribution >= 0.6 is 11.6 Å². The monoisotopic (exact) mass is 274 g/mol. The first-order chi connectivity index (χ1) is 8.40. The van der Waals surface area contributed by atoms with Gasteiger partial charge in [0.1, 0.15) is 18.0 Å². The Labute approximate surface area is 107 Å². The summed E-state index contributed by atoms with van der Waals surface area (Å²) in [4.78, 5) is 21.3. The van der Waals surface area contributed by atoms with Crippen LogP contribution < -0.4 is 5.32 Å². The number of nitro benzene ring substituents is 1. The molecule has 1 aromatic rings. The van der Waals surface area contributed by atoms with Gasteiger partial charge in [0.05, 0.1) is 16.4 Å². The van der Waals surface area contributed by atoms with Crippen molar-refractivity contribution in [3.8, 4) is 5.75 Å². The Hall–Kier alpha value is -2.02. The van der Waals surface area contributed by atoms with Gasteiger partial charge in [-0.15, -0.1) is 11.6 Å². The molecular weight excluding hydrogens is 264 g/mol. The number of carbonyl (C=O) groups is 1. The van der Waals surface area contributed by atoms with Crippen molar-refractivity contribution in [2.45, 2.75) is 12.3 Å². The molecule has 0 saturated heterocycles. The maximum atomic E-state index is 11.3. The Bertz CT molecular complexity index is 464. The van der Waals surface area contributed by atoms with Crippen LogP contribution in [0.1, 0.15) is 6.92 Å². The van der Waals surface area contributed by atoms with Gasteiger partial charge < -0.3 is 9.84 Å². The summed E-state index contributed by atoms with van der Waals surface area (Å²) in [7, 11) is 0. The largest absolute Gasteiger partial charge is 0.508 e. The highest BCUT2D eigenvalue weighted by Crippen LogP contribution is 2.28. The van der Waals surface area contributed by atoms with Crippen LogP contribution in [0.4, 0.5) is 16.2 Å². The van der Waals surface area contributed by atoms with Crippen molar-refractivity contribution < 1.29 is 19.6 Å². The molecule has 0 aliphatic carbocycles. The van der Waals surface area contributed by atoms with Crippen LogP contribution in [0.25, 0.3) is 0 Å². The molecule has 1 aromatic carbocycles. The Morgan fingerprint density at radius 1 is 1.67 bits per heavy atom. The zero-order valence-electron chi connectivity index (χ0n) is 9.42. The second-order valence-electron chi connectivity index (χ2n) is 3.46. The SMILES string of the molecule is CC(Cl)COC(=O)Nc1ccc(O)cc1[N+](=O)[O-]. The van der Waals surface area contributed by atoms with E-state index in [1.54, 1.807) is 6.92 Å². The standard InChI is InChI=1S/C10H11ClN2O5/c1-6(11)5-18-10(15)12-8-3-2-7(14)4-9(8)13(16)17/h2-4,6,14H,5H2,1H3,(H,12,15). The van der Waals surface area contributed by atoms with E-state index < -0.39 is 16.7 Å². The quantitative estimate of drug-likeness (QED) is 0.380. The molecule has 0 spiro atoms. The molecule has 0 bridgehead atoms. The van der Waals surface area contributed by atoms with Crippen molar-refractivity contribution in [3.05, 3.63) is 28.3 Å². The lowest BCUT2D eigenvalue weighted by atomic mass is 10.2. The normalized spacial score (nSPS) is 11.7. The predicted molar refractivity (Wildman–Crippen MR) is 65.0 cm³/mol. The van der Waals surface area contributed by atoms with E-state index in [4.69, 9.17) is 21.4 Å². The van der Waals surface area contributed by atoms with Crippen LogP contribution in [0, 0.1) is 10.1 Å². The summed E-state index contributed by atoms with van der Waals surface area (Å²) in [5.41, 5.74) is -0.490. The smallest absolute Gasteiger partial charge is 0.411 e. The van der Waals surface area contributed by atoms with Gasteiger partial charge in [0, 0.05) is 0 Å². The number of nitro groups is 1. The highest BCUT2D eigenvalue weighted by atomic mass is 35.5. The third-order valence-corrected chi connectivity index (χ3v) is 1.98. The highest BCUT2D eigenvalue weighted by Gasteiger charge is 2.17. The fraction of sp³-hybridized carbons (Fsp3) is 0.300. The molecule has 0 radical (unpaired) electrons. The molecule has 1 unspecified atom stereocenters. The number of hydrogen-bond acceptors (Lipinski definition) is 5. The topological polar surface area (TPSA) is 102 Å². The first-order valence-corrected chi connectivity index (χ1v) is 5.39. The molecule has 1 rings (SSSR count). The minimum Gasteiger partial charge on any atom is -0.508 e. The second kappa shape index (κ2) is 6.06. The van der Waals surface area contributed by atoms with Gasteiger partial charge in [-0.25, -0.2) is 4.79 Å². The highest BCUT2D eigenvalue weighted by molar-refractivity contribution is 6.20. The molecular formula is C10H11ClN2O5. The molecule has 2 N–H and O–H groups in total. The van der Waals surface area contributed by atoms with Gasteiger partial charge in [0.2, 0.25) is 0 Å². The molecule has 0 heterocycles. The lowest BCUT2D eigenvalue weighted by Gasteiger charge is -2.08. The summed E-state index contributed by atoms with van der Waals surface area (Å²) < 4.78 is 4.71. The summed E-state index contributed by atoms with van der Waals surface area (Å²) in [6, 6.07) is 3.35. The van der Waals surface area contributed by atoms with E-state index >= 15 is 0 Å². The summed E-state index contributed by atoms with van der Waals surface area (Å²) in [6.45, 7) is 1.62. The summed E-state index contributed by atoms with van der Waals surface area (Å²) >= 11 is 5.58. The second-order valence-corrected chi connectivity index (χ2v) is 4.21. The van der Waals surface area contributed by atoms with E-state index in [2.05, 4.69) is 5.32 Å². The number of benzene rings is 1. The molecule has 98 valence electrons. The number of halogens is 1. The molecule has 0 aromatic heterocycles. The van der Waals surface area contributed by atoms with Crippen molar-refractivity contribution in [1.29, 1.82) is 0 Å². The Balaban J connectivity index is 2.78. The van der Waals surface area contributed by atoms with E-state index in [1.807, 2.05) is 0 Å². The van der Waals surface area contributed by atoms with Gasteiger partial charge in [-0.05, 0) is 19.1 Å². The molecule has 7 nitrogen and oxygen atoms in total. The van der Waals surface area contributed by atoms with Gasteiger partial charge in [-0.1, -0.05) is 0 Å². The number of anilines is 1. The number of phenols is 1. The number of nitrogens with zero attached hydrogens (tertiary/aromatic N) is 1. The van der Waals surface area contributed by atoms with Crippen molar-refractivity contribution in [2.75, 3.05) is 11.9 Å². The number of phenolic OH excluding ortho intramolecular Hbond substituents is 1. The van der Waals surface area contributed by atoms with E-state index in [0.717, 1.165) is 6.07 Å². The maximum Gasteiger partial charge on any atom is 0.411 e. The predicted octanol–water partition coefficient (Wildman–Crippen LogP) is 2.48.